The van der Waals surface area contributed by atoms with Gasteiger partial charge in [-0.3, -0.25) is 4.57 Å². The van der Waals surface area contributed by atoms with Gasteiger partial charge in [0.25, 0.3) is 0 Å². The first-order chi connectivity index (χ1) is 12.1. The molecule has 126 valence electrons. The number of hydrogen-bond donors (Lipinski definition) is 2. The standard InChI is InChI=1S/C17H16N6OS/c1-10-9-25-15(20-10)8-18-17-21-14(16(24)23(17)2)6-11-3-4-13-12(5-11)7-19-22-13/h3-7,9,24H,8H2,1-2H3,(H,18,21). The van der Waals surface area contributed by atoms with Gasteiger partial charge in [0.2, 0.25) is 11.8 Å². The monoisotopic (exact) mass is 352 g/mol. The average Bonchev–Trinajstić information content (AvgIpc) is 3.29. The van der Waals surface area contributed by atoms with Crippen molar-refractivity contribution in [2.75, 3.05) is 5.32 Å². The predicted octanol–water partition coefficient (Wildman–Crippen LogP) is 1.30. The number of nitrogens with one attached hydrogen (secondary N) is 1. The van der Waals surface area contributed by atoms with Crippen molar-refractivity contribution in [3.63, 3.8) is 0 Å². The zero-order valence-electron chi connectivity index (χ0n) is 13.8. The van der Waals surface area contributed by atoms with E-state index in [4.69, 9.17) is 0 Å². The highest BCUT2D eigenvalue weighted by molar-refractivity contribution is 7.09. The van der Waals surface area contributed by atoms with Crippen molar-refractivity contribution >= 4 is 29.6 Å². The molecule has 2 N–H and O–H groups in total. The number of thiazole rings is 1. The van der Waals surface area contributed by atoms with Crippen LogP contribution in [0.3, 0.4) is 0 Å². The molecular weight excluding hydrogens is 336 g/mol. The van der Waals surface area contributed by atoms with Crippen LogP contribution < -0.4 is 15.9 Å². The summed E-state index contributed by atoms with van der Waals surface area (Å²) in [5, 5.41) is 26.2. The third-order valence-electron chi connectivity index (χ3n) is 3.87. The lowest BCUT2D eigenvalue weighted by Crippen LogP contribution is -2.11. The summed E-state index contributed by atoms with van der Waals surface area (Å²) in [6, 6.07) is 5.80. The number of hydrogen-bond acceptors (Lipinski definition) is 7. The Balaban J connectivity index is 1.62. The third-order valence-corrected chi connectivity index (χ3v) is 4.84. The second-order valence-electron chi connectivity index (χ2n) is 5.75. The highest BCUT2D eigenvalue weighted by atomic mass is 32.1. The minimum atomic E-state index is 0.108. The van der Waals surface area contributed by atoms with Crippen molar-refractivity contribution in [1.29, 1.82) is 0 Å². The molecule has 1 aliphatic heterocycles. The lowest BCUT2D eigenvalue weighted by molar-refractivity contribution is 0.432. The molecule has 4 rings (SSSR count). The molecule has 7 nitrogen and oxygen atoms in total. The Bertz CT molecular complexity index is 1100. The van der Waals surface area contributed by atoms with Gasteiger partial charge in [0, 0.05) is 23.7 Å². The lowest BCUT2D eigenvalue weighted by atomic mass is 10.2. The molecule has 0 radical (unpaired) electrons. The third kappa shape index (κ3) is 3.03. The first kappa shape index (κ1) is 15.5. The summed E-state index contributed by atoms with van der Waals surface area (Å²) >= 11 is 1.60. The van der Waals surface area contributed by atoms with Crippen LogP contribution in [-0.2, 0) is 13.6 Å². The molecule has 0 amide bonds. The largest absolute Gasteiger partial charge is 0.493 e. The van der Waals surface area contributed by atoms with Gasteiger partial charge in [-0.05, 0) is 30.4 Å². The second kappa shape index (κ2) is 6.14. The van der Waals surface area contributed by atoms with Crippen molar-refractivity contribution in [3.8, 4) is 5.88 Å². The summed E-state index contributed by atoms with van der Waals surface area (Å²) in [5.74, 6) is 0.700. The molecule has 0 saturated carbocycles. The maximum atomic E-state index is 10.3. The van der Waals surface area contributed by atoms with Crippen LogP contribution in [0.15, 0.2) is 33.8 Å². The Labute approximate surface area is 147 Å². The number of rotatable bonds is 4. The molecule has 0 bridgehead atoms. The number of imidazole rings is 1. The summed E-state index contributed by atoms with van der Waals surface area (Å²) in [4.78, 5) is 8.90. The number of aryl methyl sites for hydroxylation is 1. The number of anilines is 1. The molecule has 1 aliphatic rings. The van der Waals surface area contributed by atoms with Gasteiger partial charge in [-0.2, -0.15) is 10.2 Å². The minimum Gasteiger partial charge on any atom is -0.493 e. The Kier molecular flexibility index (Phi) is 3.81. The Morgan fingerprint density at radius 2 is 2.20 bits per heavy atom. The van der Waals surface area contributed by atoms with Crippen molar-refractivity contribution < 1.29 is 5.11 Å². The summed E-state index contributed by atoms with van der Waals surface area (Å²) in [6.45, 7) is 2.54. The van der Waals surface area contributed by atoms with E-state index in [0.29, 0.717) is 18.2 Å². The SMILES string of the molecule is Cc1csc(CNc2nc(C=c3ccc4c(c3)C=NN=4)c(O)n2C)n1. The first-order valence-electron chi connectivity index (χ1n) is 7.73. The van der Waals surface area contributed by atoms with Gasteiger partial charge in [-0.15, -0.1) is 11.3 Å². The zero-order valence-corrected chi connectivity index (χ0v) is 14.6. The van der Waals surface area contributed by atoms with Crippen molar-refractivity contribution in [2.24, 2.45) is 17.3 Å². The Hall–Kier alpha value is -3.00. The maximum absolute atomic E-state index is 10.3. The van der Waals surface area contributed by atoms with Gasteiger partial charge in [-0.25, -0.2) is 9.97 Å². The van der Waals surface area contributed by atoms with Gasteiger partial charge < -0.3 is 10.4 Å². The van der Waals surface area contributed by atoms with E-state index in [1.54, 1.807) is 29.2 Å². The Morgan fingerprint density at radius 1 is 1.32 bits per heavy atom. The van der Waals surface area contributed by atoms with Crippen LogP contribution in [-0.4, -0.2) is 25.9 Å². The second-order valence-corrected chi connectivity index (χ2v) is 6.69. The fourth-order valence-corrected chi connectivity index (χ4v) is 3.28. The van der Waals surface area contributed by atoms with E-state index in [0.717, 1.165) is 26.8 Å². The van der Waals surface area contributed by atoms with Crippen molar-refractivity contribution in [2.45, 2.75) is 13.5 Å². The highest BCUT2D eigenvalue weighted by Crippen LogP contribution is 2.22. The first-order valence-corrected chi connectivity index (χ1v) is 8.61. The molecule has 0 spiro atoms. The van der Waals surface area contributed by atoms with E-state index in [1.807, 2.05) is 36.6 Å². The molecule has 25 heavy (non-hydrogen) atoms. The lowest BCUT2D eigenvalue weighted by Gasteiger charge is -2.03. The van der Waals surface area contributed by atoms with Gasteiger partial charge in [0.1, 0.15) is 10.7 Å². The van der Waals surface area contributed by atoms with E-state index in [9.17, 15) is 5.11 Å². The van der Waals surface area contributed by atoms with Crippen molar-refractivity contribution in [3.05, 3.63) is 56.1 Å². The summed E-state index contributed by atoms with van der Waals surface area (Å²) < 4.78 is 1.62. The number of benzene rings is 1. The van der Waals surface area contributed by atoms with Crippen molar-refractivity contribution in [1.82, 2.24) is 14.5 Å². The maximum Gasteiger partial charge on any atom is 0.220 e. The highest BCUT2D eigenvalue weighted by Gasteiger charge is 2.12. The number of aromatic hydroxyl groups is 1. The molecule has 0 aliphatic carbocycles. The quantitative estimate of drug-likeness (QED) is 0.741. The van der Waals surface area contributed by atoms with Crippen LogP contribution in [0, 0.1) is 6.92 Å². The van der Waals surface area contributed by atoms with Gasteiger partial charge in [-0.1, -0.05) is 6.07 Å². The molecule has 2 aromatic heterocycles. The molecule has 1 aromatic carbocycles. The molecule has 8 heteroatoms. The van der Waals surface area contributed by atoms with Crippen LogP contribution in [0.25, 0.3) is 6.08 Å². The summed E-state index contributed by atoms with van der Waals surface area (Å²) in [6.07, 6.45) is 3.55. The molecular formula is C17H16N6OS. The molecule has 0 fully saturated rings. The average molecular weight is 352 g/mol. The summed E-state index contributed by atoms with van der Waals surface area (Å²) in [5.41, 5.74) is 2.47. The number of fused-ring (bicyclic) bond motifs is 1. The molecule has 3 heterocycles. The smallest absolute Gasteiger partial charge is 0.220 e. The normalized spacial score (nSPS) is 13.1. The van der Waals surface area contributed by atoms with Gasteiger partial charge in [0.05, 0.1) is 18.1 Å². The van der Waals surface area contributed by atoms with E-state index >= 15 is 0 Å². The molecule has 0 saturated heterocycles. The Morgan fingerprint density at radius 3 is 3.00 bits per heavy atom. The minimum absolute atomic E-state index is 0.108. The van der Waals surface area contributed by atoms with E-state index in [2.05, 4.69) is 25.5 Å². The number of aromatic nitrogens is 3. The van der Waals surface area contributed by atoms with Crippen LogP contribution in [0.2, 0.25) is 0 Å². The van der Waals surface area contributed by atoms with Crippen LogP contribution in [0.5, 0.6) is 5.88 Å². The fraction of sp³-hybridized carbons (Fsp3) is 0.176. The zero-order chi connectivity index (χ0) is 17.4. The molecule has 0 unspecified atom stereocenters. The van der Waals surface area contributed by atoms with E-state index in [1.165, 1.54) is 0 Å². The number of nitrogens with zero attached hydrogens (tertiary/aromatic N) is 5. The van der Waals surface area contributed by atoms with Crippen LogP contribution in [0.1, 0.15) is 22.0 Å². The van der Waals surface area contributed by atoms with Gasteiger partial charge in [0.15, 0.2) is 0 Å². The van der Waals surface area contributed by atoms with Gasteiger partial charge >= 0.3 is 0 Å². The van der Waals surface area contributed by atoms with Crippen LogP contribution >= 0.6 is 11.3 Å². The van der Waals surface area contributed by atoms with E-state index in [-0.39, 0.29) is 5.88 Å². The fourth-order valence-electron chi connectivity index (χ4n) is 2.57. The predicted molar refractivity (Wildman–Crippen MR) is 97.4 cm³/mol. The van der Waals surface area contributed by atoms with Crippen LogP contribution in [0.4, 0.5) is 5.95 Å². The van der Waals surface area contributed by atoms with E-state index < -0.39 is 0 Å². The summed E-state index contributed by atoms with van der Waals surface area (Å²) in [7, 11) is 1.77. The molecule has 3 aromatic rings. The topological polar surface area (TPSA) is 87.7 Å². The molecule has 0 atom stereocenters.